The number of hydrogen-bond acceptors (Lipinski definition) is 2. The Hall–Kier alpha value is -0.873. The number of hydrogen-bond donors (Lipinski definition) is 0. The van der Waals surface area contributed by atoms with Crippen LogP contribution in [0.5, 0.6) is 0 Å². The number of halogens is 1. The summed E-state index contributed by atoms with van der Waals surface area (Å²) in [7, 11) is -2.68. The molecule has 0 aromatic rings. The molecule has 2 nitrogen and oxygen atoms in total. The van der Waals surface area contributed by atoms with E-state index >= 15 is 0 Å². The first-order valence-corrected chi connectivity index (χ1v) is 7.39. The van der Waals surface area contributed by atoms with Gasteiger partial charge in [-0.3, -0.25) is 0 Å². The van der Waals surface area contributed by atoms with Crippen molar-refractivity contribution in [3.05, 3.63) is 0 Å². The van der Waals surface area contributed by atoms with Gasteiger partial charge in [0, 0.05) is 0 Å². The molecule has 72 valence electrons. The second-order valence-corrected chi connectivity index (χ2v) is 7.66. The summed E-state index contributed by atoms with van der Waals surface area (Å²) in [5.74, 6) is -0.646. The van der Waals surface area contributed by atoms with Crippen LogP contribution >= 0.6 is 0 Å². The number of nitriles is 2. The Morgan fingerprint density at radius 3 is 2.00 bits per heavy atom. The smallest absolute Gasteiger partial charge is 0.244 e. The fourth-order valence-corrected chi connectivity index (χ4v) is 3.12. The summed E-state index contributed by atoms with van der Waals surface area (Å²) in [6.45, 7) is 5.17. The quantitative estimate of drug-likeness (QED) is 0.515. The molecule has 0 saturated heterocycles. The molecule has 0 saturated carbocycles. The predicted octanol–water partition coefficient (Wildman–Crippen LogP) is 2.99. The SMILES string of the molecule is CCC(CC(C#N)C#N)[Si](C)(C)F. The fourth-order valence-electron chi connectivity index (χ4n) is 1.35. The normalized spacial score (nSPS) is 13.5. The molecule has 13 heavy (non-hydrogen) atoms. The van der Waals surface area contributed by atoms with E-state index in [1.807, 2.05) is 19.1 Å². The minimum Gasteiger partial charge on any atom is -0.314 e. The van der Waals surface area contributed by atoms with Gasteiger partial charge in [-0.15, -0.1) is 0 Å². The molecule has 0 fully saturated rings. The predicted molar refractivity (Wildman–Crippen MR) is 52.0 cm³/mol. The van der Waals surface area contributed by atoms with E-state index in [1.54, 1.807) is 13.1 Å². The van der Waals surface area contributed by atoms with E-state index in [9.17, 15) is 4.11 Å². The Morgan fingerprint density at radius 2 is 1.77 bits per heavy atom. The fraction of sp³-hybridized carbons (Fsp3) is 0.778. The van der Waals surface area contributed by atoms with E-state index < -0.39 is 14.3 Å². The third-order valence-electron chi connectivity index (χ3n) is 2.30. The van der Waals surface area contributed by atoms with Gasteiger partial charge in [-0.1, -0.05) is 13.3 Å². The van der Waals surface area contributed by atoms with E-state index in [2.05, 4.69) is 0 Å². The van der Waals surface area contributed by atoms with Gasteiger partial charge in [0.15, 0.2) is 0 Å². The average molecular weight is 198 g/mol. The van der Waals surface area contributed by atoms with Crippen molar-refractivity contribution < 1.29 is 4.11 Å². The highest BCUT2D eigenvalue weighted by Gasteiger charge is 2.33. The van der Waals surface area contributed by atoms with Crippen molar-refractivity contribution >= 4 is 8.41 Å². The van der Waals surface area contributed by atoms with Crippen molar-refractivity contribution in [2.45, 2.75) is 38.4 Å². The molecule has 4 heteroatoms. The van der Waals surface area contributed by atoms with Gasteiger partial charge in [0.2, 0.25) is 8.41 Å². The first-order valence-electron chi connectivity index (χ1n) is 4.43. The van der Waals surface area contributed by atoms with Gasteiger partial charge in [-0.25, -0.2) is 0 Å². The van der Waals surface area contributed by atoms with Crippen LogP contribution in [0.25, 0.3) is 0 Å². The molecule has 0 aliphatic heterocycles. The molecule has 0 amide bonds. The topological polar surface area (TPSA) is 47.6 Å². The van der Waals surface area contributed by atoms with Crippen LogP contribution in [-0.4, -0.2) is 8.41 Å². The van der Waals surface area contributed by atoms with Crippen LogP contribution in [0.15, 0.2) is 0 Å². The van der Waals surface area contributed by atoms with Crippen LogP contribution in [0.4, 0.5) is 4.11 Å². The Morgan fingerprint density at radius 1 is 1.31 bits per heavy atom. The minimum absolute atomic E-state index is 0.0724. The van der Waals surface area contributed by atoms with Gasteiger partial charge >= 0.3 is 0 Å². The maximum absolute atomic E-state index is 13.6. The van der Waals surface area contributed by atoms with Crippen LogP contribution in [0.2, 0.25) is 18.6 Å². The summed E-state index contributed by atoms with van der Waals surface area (Å²) in [5, 5.41) is 17.1. The summed E-state index contributed by atoms with van der Waals surface area (Å²) in [5.41, 5.74) is -0.0724. The standard InChI is InChI=1S/C9H15FN2Si/c1-4-9(13(2,3)10)5-8(6-11)7-12/h8-9H,4-5H2,1-3H3. The van der Waals surface area contributed by atoms with Gasteiger partial charge in [0.1, 0.15) is 5.92 Å². The molecule has 0 N–H and O–H groups in total. The summed E-state index contributed by atoms with van der Waals surface area (Å²) < 4.78 is 13.6. The highest BCUT2D eigenvalue weighted by Crippen LogP contribution is 2.32. The number of rotatable bonds is 4. The van der Waals surface area contributed by atoms with Crippen molar-refractivity contribution in [3.8, 4) is 12.1 Å². The van der Waals surface area contributed by atoms with E-state index in [0.717, 1.165) is 6.42 Å². The highest BCUT2D eigenvalue weighted by atomic mass is 28.4. The van der Waals surface area contributed by atoms with Crippen LogP contribution in [-0.2, 0) is 0 Å². The lowest BCUT2D eigenvalue weighted by Crippen LogP contribution is -2.27. The number of nitrogens with zero attached hydrogens (tertiary/aromatic N) is 2. The molecular weight excluding hydrogens is 183 g/mol. The molecule has 0 aliphatic rings. The van der Waals surface area contributed by atoms with E-state index in [1.165, 1.54) is 0 Å². The zero-order valence-corrected chi connectivity index (χ0v) is 9.34. The maximum Gasteiger partial charge on any atom is 0.244 e. The van der Waals surface area contributed by atoms with Crippen molar-refractivity contribution in [2.24, 2.45) is 5.92 Å². The van der Waals surface area contributed by atoms with Gasteiger partial charge in [-0.2, -0.15) is 10.5 Å². The molecule has 0 aliphatic carbocycles. The van der Waals surface area contributed by atoms with Gasteiger partial charge in [-0.05, 0) is 25.1 Å². The van der Waals surface area contributed by atoms with Crippen molar-refractivity contribution in [1.29, 1.82) is 10.5 Å². The first kappa shape index (κ1) is 12.1. The third kappa shape index (κ3) is 4.05. The van der Waals surface area contributed by atoms with Gasteiger partial charge in [0.25, 0.3) is 0 Å². The second kappa shape index (κ2) is 4.99. The lowest BCUT2D eigenvalue weighted by atomic mass is 10.1. The van der Waals surface area contributed by atoms with Gasteiger partial charge < -0.3 is 4.11 Å². The first-order chi connectivity index (χ1) is 5.95. The Labute approximate surface area is 80.2 Å². The maximum atomic E-state index is 13.6. The molecule has 0 rings (SSSR count). The third-order valence-corrected chi connectivity index (χ3v) is 4.88. The molecule has 0 spiro atoms. The zero-order chi connectivity index (χ0) is 10.5. The molecule has 0 aromatic heterocycles. The van der Waals surface area contributed by atoms with E-state index in [0.29, 0.717) is 6.42 Å². The summed E-state index contributed by atoms with van der Waals surface area (Å²) in [4.78, 5) is 0. The van der Waals surface area contributed by atoms with Crippen molar-refractivity contribution in [3.63, 3.8) is 0 Å². The summed E-state index contributed by atoms with van der Waals surface area (Å²) in [6, 6.07) is 3.77. The molecular formula is C9H15FN2Si. The average Bonchev–Trinajstić information content (AvgIpc) is 2.04. The lowest BCUT2D eigenvalue weighted by Gasteiger charge is -2.23. The highest BCUT2D eigenvalue weighted by molar-refractivity contribution is 6.72. The summed E-state index contributed by atoms with van der Waals surface area (Å²) in [6.07, 6.45) is 1.11. The molecule has 1 unspecified atom stereocenters. The molecule has 0 bridgehead atoms. The Balaban J connectivity index is 4.33. The molecule has 0 radical (unpaired) electrons. The zero-order valence-electron chi connectivity index (χ0n) is 8.34. The van der Waals surface area contributed by atoms with Crippen molar-refractivity contribution in [1.82, 2.24) is 0 Å². The summed E-state index contributed by atoms with van der Waals surface area (Å²) >= 11 is 0. The van der Waals surface area contributed by atoms with Crippen LogP contribution in [0.3, 0.4) is 0 Å². The molecule has 1 atom stereocenters. The van der Waals surface area contributed by atoms with Gasteiger partial charge in [0.05, 0.1) is 12.1 Å². The van der Waals surface area contributed by atoms with Crippen molar-refractivity contribution in [2.75, 3.05) is 0 Å². The second-order valence-electron chi connectivity index (χ2n) is 3.72. The monoisotopic (exact) mass is 198 g/mol. The largest absolute Gasteiger partial charge is 0.314 e. The molecule has 0 aromatic carbocycles. The van der Waals surface area contributed by atoms with Crippen LogP contribution in [0.1, 0.15) is 19.8 Å². The van der Waals surface area contributed by atoms with Crippen LogP contribution in [0, 0.1) is 28.6 Å². The van der Waals surface area contributed by atoms with E-state index in [-0.39, 0.29) is 5.54 Å². The lowest BCUT2D eigenvalue weighted by molar-refractivity contribution is 0.592. The minimum atomic E-state index is -2.68. The Bertz CT molecular complexity index is 219. The van der Waals surface area contributed by atoms with Crippen LogP contribution < -0.4 is 0 Å². The Kier molecular flexibility index (Phi) is 4.65. The molecule has 0 heterocycles. The van der Waals surface area contributed by atoms with E-state index in [4.69, 9.17) is 10.5 Å².